The molecule has 4 rings (SSSR count). The SMILES string of the molecule is C=C(NC1(C)CCN(c2ccc(-c3cc(OCC)cn4ncc(C#N)c34)cn2)CC1)OC(C)CCC. The first-order valence-corrected chi connectivity index (χ1v) is 12.7. The molecule has 1 aliphatic rings. The van der Waals surface area contributed by atoms with Gasteiger partial charge in [0.15, 0.2) is 5.88 Å². The first-order valence-electron chi connectivity index (χ1n) is 12.7. The molecule has 0 aromatic carbocycles. The normalized spacial score (nSPS) is 15.8. The highest BCUT2D eigenvalue weighted by molar-refractivity contribution is 5.85. The van der Waals surface area contributed by atoms with Crippen molar-refractivity contribution in [2.45, 2.75) is 65.0 Å². The molecule has 1 fully saturated rings. The number of hydrogen-bond donors (Lipinski definition) is 1. The lowest BCUT2D eigenvalue weighted by atomic mass is 9.89. The number of aromatic nitrogens is 3. The van der Waals surface area contributed by atoms with Crippen LogP contribution in [-0.4, -0.2) is 45.9 Å². The molecule has 8 heteroatoms. The van der Waals surface area contributed by atoms with Gasteiger partial charge >= 0.3 is 0 Å². The van der Waals surface area contributed by atoms with E-state index in [1.165, 1.54) is 0 Å². The molecule has 36 heavy (non-hydrogen) atoms. The number of piperidine rings is 1. The minimum atomic E-state index is -0.0551. The first-order chi connectivity index (χ1) is 17.4. The Hall–Kier alpha value is -3.73. The summed E-state index contributed by atoms with van der Waals surface area (Å²) in [7, 11) is 0. The zero-order valence-corrected chi connectivity index (χ0v) is 21.8. The fraction of sp³-hybridized carbons (Fsp3) is 0.464. The molecule has 0 aliphatic carbocycles. The van der Waals surface area contributed by atoms with E-state index in [1.54, 1.807) is 16.9 Å². The van der Waals surface area contributed by atoms with Gasteiger partial charge in [0, 0.05) is 36.0 Å². The van der Waals surface area contributed by atoms with Crippen LogP contribution in [0.1, 0.15) is 58.9 Å². The van der Waals surface area contributed by atoms with Crippen molar-refractivity contribution in [3.8, 4) is 22.9 Å². The Morgan fingerprint density at radius 3 is 2.69 bits per heavy atom. The van der Waals surface area contributed by atoms with Crippen molar-refractivity contribution < 1.29 is 9.47 Å². The molecule has 1 atom stereocenters. The van der Waals surface area contributed by atoms with Crippen LogP contribution < -0.4 is 15.0 Å². The number of anilines is 1. The van der Waals surface area contributed by atoms with Crippen molar-refractivity contribution in [3.05, 3.63) is 54.8 Å². The molecule has 1 unspecified atom stereocenters. The lowest BCUT2D eigenvalue weighted by Gasteiger charge is -2.41. The summed E-state index contributed by atoms with van der Waals surface area (Å²) in [4.78, 5) is 7.09. The molecular formula is C28H36N6O2. The summed E-state index contributed by atoms with van der Waals surface area (Å²) in [6.07, 6.45) is 9.45. The van der Waals surface area contributed by atoms with Crippen molar-refractivity contribution in [3.63, 3.8) is 0 Å². The lowest BCUT2D eigenvalue weighted by molar-refractivity contribution is 0.0917. The van der Waals surface area contributed by atoms with Gasteiger partial charge in [-0.3, -0.25) is 0 Å². The maximum atomic E-state index is 9.57. The van der Waals surface area contributed by atoms with Gasteiger partial charge in [-0.05, 0) is 64.8 Å². The zero-order chi connectivity index (χ0) is 25.7. The number of nitrogens with one attached hydrogen (secondary N) is 1. The van der Waals surface area contributed by atoms with Crippen LogP contribution in [0.2, 0.25) is 0 Å². The molecule has 190 valence electrons. The van der Waals surface area contributed by atoms with Crippen molar-refractivity contribution in [1.82, 2.24) is 19.9 Å². The second-order valence-corrected chi connectivity index (χ2v) is 9.70. The highest BCUT2D eigenvalue weighted by Crippen LogP contribution is 2.32. The fourth-order valence-electron chi connectivity index (χ4n) is 4.81. The Bertz CT molecular complexity index is 1240. The molecule has 3 aromatic heterocycles. The number of ether oxygens (including phenoxy) is 2. The molecule has 3 aromatic rings. The molecule has 1 N–H and O–H groups in total. The molecule has 8 nitrogen and oxygen atoms in total. The summed E-state index contributed by atoms with van der Waals surface area (Å²) in [6, 6.07) is 8.29. The largest absolute Gasteiger partial charge is 0.492 e. The topological polar surface area (TPSA) is 87.7 Å². The number of nitriles is 1. The number of nitrogens with zero attached hydrogens (tertiary/aromatic N) is 5. The Labute approximate surface area is 213 Å². The molecule has 0 amide bonds. The summed E-state index contributed by atoms with van der Waals surface area (Å²) in [5, 5.41) is 17.4. The Balaban J connectivity index is 1.46. The van der Waals surface area contributed by atoms with Crippen LogP contribution in [0.25, 0.3) is 16.6 Å². The standard InChI is InChI=1S/C28H36N6O2/c1-6-8-20(3)36-21(4)32-28(5)11-13-33(14-12-28)26-10-9-22(17-30-26)25-15-24(35-7-2)19-34-27(25)23(16-29)18-31-34/h9-10,15,17-20,32H,4,6-8,11-14H2,1-3,5H3. The quantitative estimate of drug-likeness (QED) is 0.388. The third-order valence-corrected chi connectivity index (χ3v) is 6.75. The Kier molecular flexibility index (Phi) is 7.68. The summed E-state index contributed by atoms with van der Waals surface area (Å²) >= 11 is 0. The number of rotatable bonds is 10. The van der Waals surface area contributed by atoms with Gasteiger partial charge in [0.1, 0.15) is 17.6 Å². The van der Waals surface area contributed by atoms with Crippen molar-refractivity contribution in [1.29, 1.82) is 5.26 Å². The van der Waals surface area contributed by atoms with Gasteiger partial charge in [-0.1, -0.05) is 13.3 Å². The Morgan fingerprint density at radius 1 is 1.28 bits per heavy atom. The van der Waals surface area contributed by atoms with E-state index < -0.39 is 0 Å². The molecule has 0 bridgehead atoms. The van der Waals surface area contributed by atoms with Crippen molar-refractivity contribution >= 4 is 11.3 Å². The summed E-state index contributed by atoms with van der Waals surface area (Å²) < 4.78 is 13.3. The van der Waals surface area contributed by atoms with Gasteiger partial charge in [0.25, 0.3) is 0 Å². The molecule has 0 radical (unpaired) electrons. The second kappa shape index (κ2) is 10.9. The van der Waals surface area contributed by atoms with Gasteiger partial charge in [-0.25, -0.2) is 9.50 Å². The van der Waals surface area contributed by atoms with Crippen LogP contribution in [0.15, 0.2) is 49.3 Å². The van der Waals surface area contributed by atoms with E-state index in [1.807, 2.05) is 25.3 Å². The van der Waals surface area contributed by atoms with Gasteiger partial charge < -0.3 is 19.7 Å². The van der Waals surface area contributed by atoms with Gasteiger partial charge in [-0.15, -0.1) is 0 Å². The van der Waals surface area contributed by atoms with Crippen LogP contribution in [0.3, 0.4) is 0 Å². The minimum Gasteiger partial charge on any atom is -0.492 e. The average molecular weight is 489 g/mol. The van der Waals surface area contributed by atoms with Crippen LogP contribution in [0.4, 0.5) is 5.82 Å². The second-order valence-electron chi connectivity index (χ2n) is 9.70. The van der Waals surface area contributed by atoms with Gasteiger partial charge in [0.2, 0.25) is 0 Å². The lowest BCUT2D eigenvalue weighted by Crippen LogP contribution is -2.51. The summed E-state index contributed by atoms with van der Waals surface area (Å²) in [5.74, 6) is 2.30. The highest BCUT2D eigenvalue weighted by atomic mass is 16.5. The average Bonchev–Trinajstić information content (AvgIpc) is 3.27. The molecule has 1 saturated heterocycles. The van der Waals surface area contributed by atoms with Crippen molar-refractivity contribution in [2.75, 3.05) is 24.6 Å². The number of pyridine rings is 2. The van der Waals surface area contributed by atoms with Crippen LogP contribution in [0, 0.1) is 11.3 Å². The first kappa shape index (κ1) is 25.4. The molecular weight excluding hydrogens is 452 g/mol. The van der Waals surface area contributed by atoms with E-state index in [4.69, 9.17) is 14.5 Å². The third kappa shape index (κ3) is 5.56. The highest BCUT2D eigenvalue weighted by Gasteiger charge is 2.31. The van der Waals surface area contributed by atoms with Gasteiger partial charge in [-0.2, -0.15) is 10.4 Å². The smallest absolute Gasteiger partial charge is 0.179 e. The van der Waals surface area contributed by atoms with Crippen molar-refractivity contribution in [2.24, 2.45) is 0 Å². The van der Waals surface area contributed by atoms with Crippen LogP contribution >= 0.6 is 0 Å². The summed E-state index contributed by atoms with van der Waals surface area (Å²) in [6.45, 7) is 14.8. The van der Waals surface area contributed by atoms with E-state index in [9.17, 15) is 5.26 Å². The van der Waals surface area contributed by atoms with Crippen LogP contribution in [-0.2, 0) is 4.74 Å². The predicted molar refractivity (Wildman–Crippen MR) is 142 cm³/mol. The van der Waals surface area contributed by atoms with Crippen LogP contribution in [0.5, 0.6) is 5.75 Å². The summed E-state index contributed by atoms with van der Waals surface area (Å²) in [5.41, 5.74) is 3.02. The van der Waals surface area contributed by atoms with E-state index >= 15 is 0 Å². The molecule has 0 spiro atoms. The zero-order valence-electron chi connectivity index (χ0n) is 21.8. The Morgan fingerprint density at radius 2 is 2.06 bits per heavy atom. The fourth-order valence-corrected chi connectivity index (χ4v) is 4.81. The number of hydrogen-bond acceptors (Lipinski definition) is 7. The third-order valence-electron chi connectivity index (χ3n) is 6.75. The minimum absolute atomic E-state index is 0.0551. The molecule has 0 saturated carbocycles. The van der Waals surface area contributed by atoms with E-state index in [0.29, 0.717) is 23.8 Å². The van der Waals surface area contributed by atoms with E-state index in [0.717, 1.165) is 61.2 Å². The monoisotopic (exact) mass is 488 g/mol. The molecule has 4 heterocycles. The van der Waals surface area contributed by atoms with E-state index in [-0.39, 0.29) is 11.6 Å². The maximum Gasteiger partial charge on any atom is 0.179 e. The predicted octanol–water partition coefficient (Wildman–Crippen LogP) is 5.29. The van der Waals surface area contributed by atoms with E-state index in [2.05, 4.69) is 54.8 Å². The molecule has 1 aliphatic heterocycles. The van der Waals surface area contributed by atoms with Gasteiger partial charge in [0.05, 0.1) is 36.2 Å². The maximum absolute atomic E-state index is 9.57. The number of fused-ring (bicyclic) bond motifs is 1.